The molecule has 128 valence electrons. The van der Waals surface area contributed by atoms with Gasteiger partial charge in [-0.25, -0.2) is 4.98 Å². The summed E-state index contributed by atoms with van der Waals surface area (Å²) in [6.07, 6.45) is 0. The van der Waals surface area contributed by atoms with Gasteiger partial charge in [-0.05, 0) is 29.3 Å². The van der Waals surface area contributed by atoms with E-state index in [1.165, 1.54) is 31.8 Å². The number of pyridine rings is 1. The van der Waals surface area contributed by atoms with Gasteiger partial charge in [-0.3, -0.25) is 0 Å². The largest absolute Gasteiger partial charge is 0.247 e. The Morgan fingerprint density at radius 2 is 1.26 bits per heavy atom. The van der Waals surface area contributed by atoms with Gasteiger partial charge >= 0.3 is 0 Å². The van der Waals surface area contributed by atoms with E-state index < -0.39 is 0 Å². The van der Waals surface area contributed by atoms with Crippen LogP contribution in [-0.4, -0.2) is 4.98 Å². The van der Waals surface area contributed by atoms with Gasteiger partial charge in [0.1, 0.15) is 0 Å². The lowest BCUT2D eigenvalue weighted by Gasteiger charge is -2.05. The highest BCUT2D eigenvalue weighted by Crippen LogP contribution is 2.42. The zero-order valence-electron chi connectivity index (χ0n) is 14.7. The van der Waals surface area contributed by atoms with Crippen LogP contribution in [-0.2, 0) is 0 Å². The lowest BCUT2D eigenvalue weighted by Crippen LogP contribution is -1.85. The molecule has 0 unspecified atom stereocenters. The molecule has 3 aromatic carbocycles. The first-order valence-electron chi connectivity index (χ1n) is 8.99. The summed E-state index contributed by atoms with van der Waals surface area (Å²) in [4.78, 5) is 7.43. The van der Waals surface area contributed by atoms with Crippen molar-refractivity contribution in [2.24, 2.45) is 0 Å². The monoisotopic (exact) mass is 363 g/mol. The molecule has 0 spiro atoms. The first-order chi connectivity index (χ1) is 13.4. The topological polar surface area (TPSA) is 12.9 Å². The Morgan fingerprint density at radius 1 is 0.593 bits per heavy atom. The summed E-state index contributed by atoms with van der Waals surface area (Å²) in [5.74, 6) is 0. The molecule has 0 saturated carbocycles. The highest BCUT2D eigenvalue weighted by atomic mass is 32.1. The molecular weight excluding hydrogens is 346 g/mol. The minimum atomic E-state index is 1.03. The van der Waals surface area contributed by atoms with Crippen LogP contribution >= 0.6 is 11.3 Å². The number of thiophene rings is 1. The number of hydrogen-bond donors (Lipinski definition) is 0. The normalized spacial score (nSPS) is 11.0. The zero-order chi connectivity index (χ0) is 18.1. The van der Waals surface area contributed by atoms with Gasteiger partial charge in [0, 0.05) is 15.8 Å². The van der Waals surface area contributed by atoms with E-state index in [0.717, 1.165) is 11.2 Å². The maximum atomic E-state index is 4.95. The predicted octanol–water partition coefficient (Wildman–Crippen LogP) is 7.30. The summed E-state index contributed by atoms with van der Waals surface area (Å²) in [7, 11) is 0. The van der Waals surface area contributed by atoms with E-state index in [2.05, 4.69) is 97.1 Å². The molecule has 0 amide bonds. The molecule has 0 aliphatic rings. The Hall–Kier alpha value is -3.23. The highest BCUT2D eigenvalue weighted by molar-refractivity contribution is 7.19. The summed E-state index contributed by atoms with van der Waals surface area (Å²) in [5, 5.41) is 1.17. The molecule has 0 aliphatic heterocycles. The molecule has 0 aliphatic carbocycles. The second-order valence-electron chi connectivity index (χ2n) is 6.47. The minimum Gasteiger partial charge on any atom is -0.247 e. The Morgan fingerprint density at radius 3 is 2.04 bits per heavy atom. The van der Waals surface area contributed by atoms with Crippen molar-refractivity contribution < 1.29 is 0 Å². The summed E-state index contributed by atoms with van der Waals surface area (Å²) in [6.45, 7) is 0. The van der Waals surface area contributed by atoms with Gasteiger partial charge in [-0.1, -0.05) is 84.9 Å². The molecule has 5 rings (SSSR count). The van der Waals surface area contributed by atoms with Gasteiger partial charge in [-0.2, -0.15) is 0 Å². The number of benzene rings is 3. The van der Waals surface area contributed by atoms with Crippen molar-refractivity contribution in [3.63, 3.8) is 0 Å². The highest BCUT2D eigenvalue weighted by Gasteiger charge is 2.15. The fourth-order valence-electron chi connectivity index (χ4n) is 3.35. The van der Waals surface area contributed by atoms with Crippen molar-refractivity contribution in [3.05, 3.63) is 103 Å². The minimum absolute atomic E-state index is 1.03. The van der Waals surface area contributed by atoms with Gasteiger partial charge in [0.15, 0.2) is 0 Å². The Balaban J connectivity index is 1.73. The van der Waals surface area contributed by atoms with E-state index in [1.54, 1.807) is 11.3 Å². The van der Waals surface area contributed by atoms with Crippen molar-refractivity contribution in [2.45, 2.75) is 0 Å². The number of para-hydroxylation sites is 1. The van der Waals surface area contributed by atoms with Crippen molar-refractivity contribution in [2.75, 3.05) is 0 Å². The summed E-state index contributed by atoms with van der Waals surface area (Å²) < 4.78 is 0. The number of nitrogens with zero attached hydrogens (tertiary/aromatic N) is 1. The molecule has 2 heteroatoms. The summed E-state index contributed by atoms with van der Waals surface area (Å²) in [5.41, 5.74) is 5.76. The number of rotatable bonds is 3. The van der Waals surface area contributed by atoms with Crippen LogP contribution in [0.25, 0.3) is 43.0 Å². The molecule has 0 N–H and O–H groups in total. The molecule has 0 saturated heterocycles. The van der Waals surface area contributed by atoms with Crippen LogP contribution in [0.3, 0.4) is 0 Å². The molecule has 0 bridgehead atoms. The predicted molar refractivity (Wildman–Crippen MR) is 116 cm³/mol. The third-order valence-electron chi connectivity index (χ3n) is 4.71. The van der Waals surface area contributed by atoms with Crippen molar-refractivity contribution >= 4 is 22.2 Å². The standard InChI is InChI=1S/C25H17NS/c1-3-9-18(10-4-1)21-17-24(20-12-5-2-6-13-20)27-25(21)23-16-15-19-11-7-8-14-22(19)26-23/h1-17H. The number of hydrogen-bond acceptors (Lipinski definition) is 2. The van der Waals surface area contributed by atoms with Crippen LogP contribution in [0.2, 0.25) is 0 Å². The molecule has 0 fully saturated rings. The molecule has 1 nitrogen and oxygen atoms in total. The smallest absolute Gasteiger partial charge is 0.0816 e. The maximum absolute atomic E-state index is 4.95. The third-order valence-corrected chi connectivity index (χ3v) is 5.91. The summed E-state index contributed by atoms with van der Waals surface area (Å²) >= 11 is 1.81. The van der Waals surface area contributed by atoms with Crippen LogP contribution in [0.4, 0.5) is 0 Å². The Labute approximate surface area is 162 Å². The fourth-order valence-corrected chi connectivity index (χ4v) is 4.51. The first-order valence-corrected chi connectivity index (χ1v) is 9.81. The lowest BCUT2D eigenvalue weighted by atomic mass is 10.0. The zero-order valence-corrected chi connectivity index (χ0v) is 15.5. The van der Waals surface area contributed by atoms with Crippen molar-refractivity contribution in [1.82, 2.24) is 4.98 Å². The number of fused-ring (bicyclic) bond motifs is 1. The van der Waals surface area contributed by atoms with E-state index in [4.69, 9.17) is 4.98 Å². The third kappa shape index (κ3) is 3.05. The second-order valence-corrected chi connectivity index (χ2v) is 7.53. The maximum Gasteiger partial charge on any atom is 0.0816 e. The summed E-state index contributed by atoms with van der Waals surface area (Å²) in [6, 6.07) is 36.0. The second kappa shape index (κ2) is 6.82. The molecule has 0 atom stereocenters. The van der Waals surface area contributed by atoms with Crippen LogP contribution in [0, 0.1) is 0 Å². The van der Waals surface area contributed by atoms with Gasteiger partial charge in [-0.15, -0.1) is 11.3 Å². The molecule has 5 aromatic rings. The number of aromatic nitrogens is 1. The lowest BCUT2D eigenvalue weighted by molar-refractivity contribution is 1.42. The van der Waals surface area contributed by atoms with Gasteiger partial charge < -0.3 is 0 Å². The molecular formula is C25H17NS. The van der Waals surface area contributed by atoms with E-state index >= 15 is 0 Å². The SMILES string of the molecule is c1ccc(-c2cc(-c3ccccc3)c(-c3ccc4ccccc4n3)s2)cc1. The van der Waals surface area contributed by atoms with Crippen LogP contribution in [0.1, 0.15) is 0 Å². The van der Waals surface area contributed by atoms with Crippen molar-refractivity contribution in [1.29, 1.82) is 0 Å². The van der Waals surface area contributed by atoms with E-state index in [9.17, 15) is 0 Å². The first kappa shape index (κ1) is 16.0. The van der Waals surface area contributed by atoms with Crippen LogP contribution in [0.15, 0.2) is 103 Å². The van der Waals surface area contributed by atoms with E-state index in [-0.39, 0.29) is 0 Å². The van der Waals surface area contributed by atoms with E-state index in [0.29, 0.717) is 0 Å². The van der Waals surface area contributed by atoms with Crippen molar-refractivity contribution in [3.8, 4) is 32.1 Å². The van der Waals surface area contributed by atoms with E-state index in [1.807, 2.05) is 6.07 Å². The van der Waals surface area contributed by atoms with Crippen LogP contribution in [0.5, 0.6) is 0 Å². The van der Waals surface area contributed by atoms with Crippen LogP contribution < -0.4 is 0 Å². The molecule has 27 heavy (non-hydrogen) atoms. The Bertz CT molecular complexity index is 1210. The molecule has 2 aromatic heterocycles. The Kier molecular flexibility index (Phi) is 4.04. The average Bonchev–Trinajstić information content (AvgIpc) is 3.20. The van der Waals surface area contributed by atoms with Gasteiger partial charge in [0.05, 0.1) is 16.1 Å². The van der Waals surface area contributed by atoms with Gasteiger partial charge in [0.25, 0.3) is 0 Å². The fraction of sp³-hybridized carbons (Fsp3) is 0. The quantitative estimate of drug-likeness (QED) is 0.328. The average molecular weight is 363 g/mol. The van der Waals surface area contributed by atoms with Gasteiger partial charge in [0.2, 0.25) is 0 Å². The molecule has 0 radical (unpaired) electrons. The molecule has 2 heterocycles.